The first-order valence-corrected chi connectivity index (χ1v) is 11.2. The van der Waals surface area contributed by atoms with Crippen LogP contribution < -0.4 is 10.2 Å². The minimum atomic E-state index is -3.48. The van der Waals surface area contributed by atoms with Gasteiger partial charge in [0.05, 0.1) is 10.8 Å². The van der Waals surface area contributed by atoms with Gasteiger partial charge in [-0.25, -0.2) is 8.42 Å². The minimum absolute atomic E-state index is 0.0802. The molecule has 2 heterocycles. The molecule has 2 aromatic carbocycles. The number of hydrogen-bond acceptors (Lipinski definition) is 4. The summed E-state index contributed by atoms with van der Waals surface area (Å²) in [6, 6.07) is 15.5. The van der Waals surface area contributed by atoms with Gasteiger partial charge < -0.3 is 10.2 Å². The summed E-state index contributed by atoms with van der Waals surface area (Å²) in [4.78, 5) is 26.8. The van der Waals surface area contributed by atoms with Gasteiger partial charge in [-0.05, 0) is 49.2 Å². The maximum Gasteiger partial charge on any atom is 0.243 e. The number of hydrogen-bond donors (Lipinski definition) is 1. The monoisotopic (exact) mass is 413 g/mol. The average molecular weight is 413 g/mol. The van der Waals surface area contributed by atoms with Crippen molar-refractivity contribution >= 4 is 33.2 Å². The number of benzene rings is 2. The van der Waals surface area contributed by atoms with Gasteiger partial charge >= 0.3 is 0 Å². The summed E-state index contributed by atoms with van der Waals surface area (Å²) in [5.41, 5.74) is 1.30. The summed E-state index contributed by atoms with van der Waals surface area (Å²) in [6.07, 6.45) is 1.92. The van der Waals surface area contributed by atoms with Gasteiger partial charge in [0.2, 0.25) is 21.8 Å². The first-order valence-electron chi connectivity index (χ1n) is 9.71. The van der Waals surface area contributed by atoms with E-state index in [0.717, 1.165) is 18.5 Å². The molecule has 2 aliphatic heterocycles. The first kappa shape index (κ1) is 19.6. The third-order valence-corrected chi connectivity index (χ3v) is 7.30. The molecule has 0 aliphatic carbocycles. The quantitative estimate of drug-likeness (QED) is 0.816. The Kier molecular flexibility index (Phi) is 5.38. The minimum Gasteiger partial charge on any atom is -0.326 e. The van der Waals surface area contributed by atoms with Crippen LogP contribution in [-0.2, 0) is 19.6 Å². The lowest BCUT2D eigenvalue weighted by Gasteiger charge is -2.17. The molecule has 1 N–H and O–H groups in total. The van der Waals surface area contributed by atoms with E-state index in [1.54, 1.807) is 17.0 Å². The first-order chi connectivity index (χ1) is 13.9. The molecule has 4 rings (SSSR count). The van der Waals surface area contributed by atoms with Gasteiger partial charge in [-0.15, -0.1) is 0 Å². The summed E-state index contributed by atoms with van der Waals surface area (Å²) >= 11 is 0. The Morgan fingerprint density at radius 2 is 1.62 bits per heavy atom. The molecule has 29 heavy (non-hydrogen) atoms. The molecule has 7 nitrogen and oxygen atoms in total. The second-order valence-electron chi connectivity index (χ2n) is 7.37. The van der Waals surface area contributed by atoms with Crippen molar-refractivity contribution in [3.63, 3.8) is 0 Å². The number of para-hydroxylation sites is 1. The van der Waals surface area contributed by atoms with Crippen LogP contribution in [0.3, 0.4) is 0 Å². The Hall–Kier alpha value is -2.71. The fraction of sp³-hybridized carbons (Fsp3) is 0.333. The van der Waals surface area contributed by atoms with E-state index in [1.165, 1.54) is 16.4 Å². The standard InChI is InChI=1S/C21H23N3O4S/c25-20-14-16(15-24(20)18-6-2-1-3-7-18)21(26)22-17-8-10-19(11-9-17)29(27,28)23-12-4-5-13-23/h1-3,6-11,16H,4-5,12-15H2,(H,22,26). The summed E-state index contributed by atoms with van der Waals surface area (Å²) in [6.45, 7) is 1.43. The van der Waals surface area contributed by atoms with E-state index in [2.05, 4.69) is 5.32 Å². The lowest BCUT2D eigenvalue weighted by Crippen LogP contribution is -2.28. The highest BCUT2D eigenvalue weighted by atomic mass is 32.2. The Morgan fingerprint density at radius 1 is 0.966 bits per heavy atom. The molecule has 2 aliphatic rings. The fourth-order valence-electron chi connectivity index (χ4n) is 3.77. The zero-order valence-electron chi connectivity index (χ0n) is 16.0. The molecule has 2 aromatic rings. The molecule has 1 atom stereocenters. The van der Waals surface area contributed by atoms with Crippen molar-refractivity contribution in [3.05, 3.63) is 54.6 Å². The molecule has 1 unspecified atom stereocenters. The third-order valence-electron chi connectivity index (χ3n) is 5.39. The zero-order valence-corrected chi connectivity index (χ0v) is 16.8. The normalized spacial score (nSPS) is 20.2. The van der Waals surface area contributed by atoms with Crippen LogP contribution in [0.5, 0.6) is 0 Å². The maximum absolute atomic E-state index is 12.6. The van der Waals surface area contributed by atoms with E-state index in [4.69, 9.17) is 0 Å². The van der Waals surface area contributed by atoms with Crippen LogP contribution in [0.1, 0.15) is 19.3 Å². The van der Waals surface area contributed by atoms with Crippen molar-refractivity contribution in [2.45, 2.75) is 24.2 Å². The van der Waals surface area contributed by atoms with Gasteiger partial charge in [0.25, 0.3) is 0 Å². The van der Waals surface area contributed by atoms with Crippen LogP contribution in [-0.4, -0.2) is 44.2 Å². The molecular formula is C21H23N3O4S. The Morgan fingerprint density at radius 3 is 2.28 bits per heavy atom. The van der Waals surface area contributed by atoms with Gasteiger partial charge in [0.15, 0.2) is 0 Å². The van der Waals surface area contributed by atoms with Gasteiger partial charge in [-0.3, -0.25) is 9.59 Å². The van der Waals surface area contributed by atoms with E-state index < -0.39 is 15.9 Å². The number of sulfonamides is 1. The van der Waals surface area contributed by atoms with Crippen molar-refractivity contribution in [1.82, 2.24) is 4.31 Å². The molecule has 0 aromatic heterocycles. The van der Waals surface area contributed by atoms with Crippen molar-refractivity contribution in [3.8, 4) is 0 Å². The van der Waals surface area contributed by atoms with Crippen LogP contribution in [0.15, 0.2) is 59.5 Å². The number of carbonyl (C=O) groups excluding carboxylic acids is 2. The predicted octanol–water partition coefficient (Wildman–Crippen LogP) is 2.46. The number of carbonyl (C=O) groups is 2. The lowest BCUT2D eigenvalue weighted by atomic mass is 10.1. The molecule has 152 valence electrons. The predicted molar refractivity (Wildman–Crippen MR) is 110 cm³/mol. The summed E-state index contributed by atoms with van der Waals surface area (Å²) in [5.74, 6) is -0.772. The lowest BCUT2D eigenvalue weighted by molar-refractivity contribution is -0.122. The molecule has 0 radical (unpaired) electrons. The highest BCUT2D eigenvalue weighted by Crippen LogP contribution is 2.26. The van der Waals surface area contributed by atoms with Crippen molar-refractivity contribution in [2.24, 2.45) is 5.92 Å². The molecule has 8 heteroatoms. The van der Waals surface area contributed by atoms with Crippen LogP contribution in [0.2, 0.25) is 0 Å². The summed E-state index contributed by atoms with van der Waals surface area (Å²) in [5, 5.41) is 2.80. The van der Waals surface area contributed by atoms with Crippen molar-refractivity contribution in [1.29, 1.82) is 0 Å². The number of nitrogens with one attached hydrogen (secondary N) is 1. The van der Waals surface area contributed by atoms with Gasteiger partial charge in [-0.1, -0.05) is 18.2 Å². The molecule has 2 saturated heterocycles. The second-order valence-corrected chi connectivity index (χ2v) is 9.30. The van der Waals surface area contributed by atoms with E-state index in [1.807, 2.05) is 30.3 Å². The fourth-order valence-corrected chi connectivity index (χ4v) is 5.29. The van der Waals surface area contributed by atoms with Crippen LogP contribution in [0.4, 0.5) is 11.4 Å². The third kappa shape index (κ3) is 4.04. The number of rotatable bonds is 5. The molecular weight excluding hydrogens is 390 g/mol. The van der Waals surface area contributed by atoms with Crippen LogP contribution >= 0.6 is 0 Å². The smallest absolute Gasteiger partial charge is 0.243 e. The SMILES string of the molecule is O=C(Nc1ccc(S(=O)(=O)N2CCCC2)cc1)C1CC(=O)N(c2ccccc2)C1. The summed E-state index contributed by atoms with van der Waals surface area (Å²) < 4.78 is 26.6. The Labute approximate surface area is 170 Å². The largest absolute Gasteiger partial charge is 0.326 e. The second kappa shape index (κ2) is 7.96. The highest BCUT2D eigenvalue weighted by molar-refractivity contribution is 7.89. The van der Waals surface area contributed by atoms with Crippen molar-refractivity contribution in [2.75, 3.05) is 29.9 Å². The highest BCUT2D eigenvalue weighted by Gasteiger charge is 2.35. The molecule has 0 spiro atoms. The molecule has 2 amide bonds. The number of amides is 2. The summed E-state index contributed by atoms with van der Waals surface area (Å²) in [7, 11) is -3.48. The molecule has 2 fully saturated rings. The van der Waals surface area contributed by atoms with Gasteiger partial charge in [-0.2, -0.15) is 4.31 Å². The van der Waals surface area contributed by atoms with Gasteiger partial charge in [0.1, 0.15) is 0 Å². The topological polar surface area (TPSA) is 86.8 Å². The Bertz CT molecular complexity index is 1000. The number of anilines is 2. The van der Waals surface area contributed by atoms with Crippen molar-refractivity contribution < 1.29 is 18.0 Å². The van der Waals surface area contributed by atoms with Crippen LogP contribution in [0, 0.1) is 5.92 Å². The maximum atomic E-state index is 12.6. The molecule has 0 saturated carbocycles. The zero-order chi connectivity index (χ0) is 20.4. The average Bonchev–Trinajstić information content (AvgIpc) is 3.39. The molecule has 0 bridgehead atoms. The van der Waals surface area contributed by atoms with E-state index >= 15 is 0 Å². The van der Waals surface area contributed by atoms with Gasteiger partial charge in [0, 0.05) is 37.4 Å². The number of nitrogens with zero attached hydrogens (tertiary/aromatic N) is 2. The van der Waals surface area contributed by atoms with E-state index in [-0.39, 0.29) is 23.1 Å². The van der Waals surface area contributed by atoms with E-state index in [9.17, 15) is 18.0 Å². The Balaban J connectivity index is 1.41. The van der Waals surface area contributed by atoms with Crippen LogP contribution in [0.25, 0.3) is 0 Å². The van der Waals surface area contributed by atoms with E-state index in [0.29, 0.717) is 25.3 Å².